The number of benzene rings is 4. The molecule has 0 aliphatic carbocycles. The lowest BCUT2D eigenvalue weighted by molar-refractivity contribution is 0.307. The quantitative estimate of drug-likeness (QED) is 0.220. The van der Waals surface area contributed by atoms with Crippen molar-refractivity contribution in [2.75, 3.05) is 6.61 Å². The molecule has 0 aliphatic rings. The summed E-state index contributed by atoms with van der Waals surface area (Å²) in [6.07, 6.45) is 3.14. The van der Waals surface area contributed by atoms with Gasteiger partial charge in [0.05, 0.1) is 6.61 Å². The van der Waals surface area contributed by atoms with E-state index in [4.69, 9.17) is 4.74 Å². The Morgan fingerprint density at radius 1 is 0.686 bits per heavy atom. The fraction of sp³-hybridized carbons (Fsp3) is 0.226. The Morgan fingerprint density at radius 2 is 1.29 bits per heavy atom. The summed E-state index contributed by atoms with van der Waals surface area (Å²) in [6.45, 7) is 4.61. The van der Waals surface area contributed by atoms with Crippen LogP contribution in [0.15, 0.2) is 78.9 Å². The van der Waals surface area contributed by atoms with Crippen LogP contribution in [0.4, 0.5) is 13.2 Å². The Balaban J connectivity index is 1.44. The molecule has 0 fully saturated rings. The van der Waals surface area contributed by atoms with Gasteiger partial charge >= 0.3 is 0 Å². The highest BCUT2D eigenvalue weighted by atomic mass is 19.2. The molecule has 1 nitrogen and oxygen atoms in total. The molecule has 0 aliphatic heterocycles. The van der Waals surface area contributed by atoms with Crippen LogP contribution < -0.4 is 4.74 Å². The van der Waals surface area contributed by atoms with Gasteiger partial charge in [0.25, 0.3) is 0 Å². The van der Waals surface area contributed by atoms with Gasteiger partial charge in [-0.05, 0) is 54.5 Å². The van der Waals surface area contributed by atoms with Crippen molar-refractivity contribution in [1.82, 2.24) is 0 Å². The Hall–Kier alpha value is -3.53. The van der Waals surface area contributed by atoms with Crippen molar-refractivity contribution in [2.24, 2.45) is 0 Å². The van der Waals surface area contributed by atoms with Crippen LogP contribution in [0.5, 0.6) is 5.75 Å². The molecule has 0 unspecified atom stereocenters. The minimum Gasteiger partial charge on any atom is -0.493 e. The highest BCUT2D eigenvalue weighted by Crippen LogP contribution is 2.32. The van der Waals surface area contributed by atoms with Gasteiger partial charge < -0.3 is 4.74 Å². The molecule has 4 heteroatoms. The van der Waals surface area contributed by atoms with Crippen LogP contribution in [0.3, 0.4) is 0 Å². The third-order valence-electron chi connectivity index (χ3n) is 6.18. The minimum absolute atomic E-state index is 0.217. The predicted molar refractivity (Wildman–Crippen MR) is 136 cm³/mol. The lowest BCUT2D eigenvalue weighted by Crippen LogP contribution is -1.99. The number of unbranched alkanes of at least 4 members (excludes halogenated alkanes) is 1. The number of aryl methyl sites for hydroxylation is 3. The summed E-state index contributed by atoms with van der Waals surface area (Å²) in [6, 6.07) is 22.9. The fourth-order valence-corrected chi connectivity index (χ4v) is 4.01. The Labute approximate surface area is 205 Å². The van der Waals surface area contributed by atoms with Gasteiger partial charge in [0.2, 0.25) is 0 Å². The van der Waals surface area contributed by atoms with Crippen molar-refractivity contribution in [3.05, 3.63) is 113 Å². The minimum atomic E-state index is -0.862. The summed E-state index contributed by atoms with van der Waals surface area (Å²) < 4.78 is 49.8. The van der Waals surface area contributed by atoms with E-state index in [9.17, 15) is 13.2 Å². The van der Waals surface area contributed by atoms with Crippen molar-refractivity contribution >= 4 is 0 Å². The smallest absolute Gasteiger partial charge is 0.167 e. The molecule has 0 heterocycles. The van der Waals surface area contributed by atoms with Gasteiger partial charge in [0, 0.05) is 17.2 Å². The molecular weight excluding hydrogens is 445 g/mol. The van der Waals surface area contributed by atoms with Crippen molar-refractivity contribution in [3.8, 4) is 28.0 Å². The molecule has 0 N–H and O–H groups in total. The maximum atomic E-state index is 14.9. The lowest BCUT2D eigenvalue weighted by Gasteiger charge is -2.11. The molecular formula is C31H29F3O. The van der Waals surface area contributed by atoms with Gasteiger partial charge in [0.15, 0.2) is 11.6 Å². The van der Waals surface area contributed by atoms with Crippen LogP contribution in [-0.2, 0) is 12.8 Å². The summed E-state index contributed by atoms with van der Waals surface area (Å²) >= 11 is 0. The van der Waals surface area contributed by atoms with Crippen molar-refractivity contribution in [1.29, 1.82) is 0 Å². The highest BCUT2D eigenvalue weighted by Gasteiger charge is 2.16. The second-order valence-electron chi connectivity index (χ2n) is 8.81. The van der Waals surface area contributed by atoms with Crippen LogP contribution in [0, 0.1) is 24.4 Å². The summed E-state index contributed by atoms with van der Waals surface area (Å²) in [5.41, 5.74) is 4.37. The fourth-order valence-electron chi connectivity index (χ4n) is 4.01. The third kappa shape index (κ3) is 5.94. The average Bonchev–Trinajstić information content (AvgIpc) is 2.86. The Morgan fingerprint density at radius 3 is 1.86 bits per heavy atom. The second kappa shape index (κ2) is 11.3. The first-order chi connectivity index (χ1) is 17.0. The molecule has 35 heavy (non-hydrogen) atoms. The van der Waals surface area contributed by atoms with Gasteiger partial charge in [0.1, 0.15) is 11.6 Å². The summed E-state index contributed by atoms with van der Waals surface area (Å²) in [5, 5.41) is 0. The summed E-state index contributed by atoms with van der Waals surface area (Å²) in [5.74, 6) is -1.44. The molecule has 180 valence electrons. The number of hydrogen-bond donors (Lipinski definition) is 0. The first-order valence-electron chi connectivity index (χ1n) is 12.0. The SMILES string of the molecule is CCCCOc1ccc(CCc2ccc(-c3ccc(-c4ccc(C)cc4)c(F)c3F)cc2)c(F)c1. The predicted octanol–water partition coefficient (Wildman–Crippen LogP) is 8.71. The van der Waals surface area contributed by atoms with E-state index in [-0.39, 0.29) is 16.9 Å². The number of rotatable bonds is 9. The van der Waals surface area contributed by atoms with Crippen molar-refractivity contribution < 1.29 is 17.9 Å². The van der Waals surface area contributed by atoms with Crippen LogP contribution in [-0.4, -0.2) is 6.61 Å². The second-order valence-corrected chi connectivity index (χ2v) is 8.81. The van der Waals surface area contributed by atoms with Crippen LogP contribution in [0.25, 0.3) is 22.3 Å². The standard InChI is InChI=1S/C31H29F3O/c1-3-4-19-35-26-16-15-25(29(32)20-26)14-9-22-7-12-24(13-8-22)28-18-17-27(30(33)31(28)34)23-10-5-21(2)6-11-23/h5-8,10-13,15-18,20H,3-4,9,14,19H2,1-2H3. The maximum Gasteiger partial charge on any atom is 0.167 e. The number of hydrogen-bond acceptors (Lipinski definition) is 1. The van der Waals surface area contributed by atoms with E-state index in [0.717, 1.165) is 24.0 Å². The van der Waals surface area contributed by atoms with Crippen LogP contribution in [0.1, 0.15) is 36.5 Å². The van der Waals surface area contributed by atoms with Crippen LogP contribution >= 0.6 is 0 Å². The Kier molecular flexibility index (Phi) is 7.91. The molecule has 0 spiro atoms. The molecule has 0 aromatic heterocycles. The van der Waals surface area contributed by atoms with Crippen molar-refractivity contribution in [2.45, 2.75) is 39.5 Å². The average molecular weight is 475 g/mol. The normalized spacial score (nSPS) is 11.0. The number of halogens is 3. The summed E-state index contributed by atoms with van der Waals surface area (Å²) in [7, 11) is 0. The first kappa shape index (κ1) is 24.6. The van der Waals surface area contributed by atoms with E-state index in [2.05, 4.69) is 6.92 Å². The number of ether oxygens (including phenoxy) is 1. The van der Waals surface area contributed by atoms with E-state index in [1.165, 1.54) is 6.07 Å². The van der Waals surface area contributed by atoms with Gasteiger partial charge in [-0.25, -0.2) is 13.2 Å². The molecule has 0 saturated carbocycles. The molecule has 0 atom stereocenters. The first-order valence-corrected chi connectivity index (χ1v) is 12.0. The topological polar surface area (TPSA) is 9.23 Å². The zero-order valence-corrected chi connectivity index (χ0v) is 20.1. The van der Waals surface area contributed by atoms with E-state index >= 15 is 0 Å². The third-order valence-corrected chi connectivity index (χ3v) is 6.18. The molecule has 0 saturated heterocycles. The van der Waals surface area contributed by atoms with Crippen molar-refractivity contribution in [3.63, 3.8) is 0 Å². The monoisotopic (exact) mass is 474 g/mol. The van der Waals surface area contributed by atoms with Gasteiger partial charge in [-0.3, -0.25) is 0 Å². The molecule has 4 aromatic carbocycles. The van der Waals surface area contributed by atoms with E-state index < -0.39 is 11.6 Å². The highest BCUT2D eigenvalue weighted by molar-refractivity contribution is 5.72. The zero-order chi connectivity index (χ0) is 24.8. The molecule has 0 bridgehead atoms. The Bertz CT molecular complexity index is 1280. The van der Waals surface area contributed by atoms with Crippen LogP contribution in [0.2, 0.25) is 0 Å². The maximum absolute atomic E-state index is 14.9. The molecule has 0 amide bonds. The molecule has 4 aromatic rings. The van der Waals surface area contributed by atoms with Gasteiger partial charge in [-0.2, -0.15) is 0 Å². The van der Waals surface area contributed by atoms with Gasteiger partial charge in [-0.1, -0.05) is 85.6 Å². The lowest BCUT2D eigenvalue weighted by atomic mass is 9.97. The zero-order valence-electron chi connectivity index (χ0n) is 20.1. The molecule has 0 radical (unpaired) electrons. The largest absolute Gasteiger partial charge is 0.493 e. The summed E-state index contributed by atoms with van der Waals surface area (Å²) in [4.78, 5) is 0. The van der Waals surface area contributed by atoms with E-state index in [1.807, 2.05) is 31.2 Å². The van der Waals surface area contributed by atoms with E-state index in [0.29, 0.717) is 41.9 Å². The van der Waals surface area contributed by atoms with E-state index in [1.54, 1.807) is 48.5 Å². The molecule has 4 rings (SSSR count). The van der Waals surface area contributed by atoms with Gasteiger partial charge in [-0.15, -0.1) is 0 Å².